The third-order valence-electron chi connectivity index (χ3n) is 3.63. The lowest BCUT2D eigenvalue weighted by Crippen LogP contribution is -2.16. The lowest BCUT2D eigenvalue weighted by atomic mass is 9.98. The van der Waals surface area contributed by atoms with Crippen molar-refractivity contribution in [2.24, 2.45) is 0 Å². The molecule has 25 heavy (non-hydrogen) atoms. The van der Waals surface area contributed by atoms with Crippen molar-refractivity contribution in [2.75, 3.05) is 5.73 Å². The molecule has 128 valence electrons. The molecule has 1 aromatic heterocycles. The van der Waals surface area contributed by atoms with Crippen LogP contribution in [0.2, 0.25) is 0 Å². The Morgan fingerprint density at radius 2 is 1.92 bits per heavy atom. The SMILES string of the molecule is Nc1cnc(-c2ccc(-c3ccccc3CNS(=O)[O-])cc2F)cn1. The molecular weight excluding hydrogens is 343 g/mol. The van der Waals surface area contributed by atoms with E-state index in [0.717, 1.165) is 11.1 Å². The first-order chi connectivity index (χ1) is 12.0. The average Bonchev–Trinajstić information content (AvgIpc) is 2.61. The molecule has 0 spiro atoms. The Morgan fingerprint density at radius 3 is 2.60 bits per heavy atom. The highest BCUT2D eigenvalue weighted by Gasteiger charge is 2.11. The number of benzene rings is 2. The van der Waals surface area contributed by atoms with E-state index in [4.69, 9.17) is 5.73 Å². The van der Waals surface area contributed by atoms with Crippen LogP contribution in [0.1, 0.15) is 5.56 Å². The van der Waals surface area contributed by atoms with Crippen LogP contribution in [0.4, 0.5) is 10.2 Å². The average molecular weight is 357 g/mol. The molecule has 0 aliphatic heterocycles. The van der Waals surface area contributed by atoms with Crippen LogP contribution in [-0.4, -0.2) is 18.7 Å². The van der Waals surface area contributed by atoms with Crippen LogP contribution in [-0.2, 0) is 17.8 Å². The minimum absolute atomic E-state index is 0.124. The van der Waals surface area contributed by atoms with Crippen molar-refractivity contribution in [3.63, 3.8) is 0 Å². The van der Waals surface area contributed by atoms with E-state index in [1.165, 1.54) is 18.5 Å². The lowest BCUT2D eigenvalue weighted by molar-refractivity contribution is 0.522. The molecule has 3 N–H and O–H groups in total. The van der Waals surface area contributed by atoms with Crippen molar-refractivity contribution in [1.82, 2.24) is 14.7 Å². The second-order valence-electron chi connectivity index (χ2n) is 5.23. The predicted molar refractivity (Wildman–Crippen MR) is 93.0 cm³/mol. The minimum atomic E-state index is -2.37. The molecule has 0 radical (unpaired) electrons. The third-order valence-corrected chi connectivity index (χ3v) is 4.01. The zero-order valence-corrected chi connectivity index (χ0v) is 13.8. The van der Waals surface area contributed by atoms with Crippen LogP contribution in [0.15, 0.2) is 54.9 Å². The Balaban J connectivity index is 1.96. The van der Waals surface area contributed by atoms with E-state index in [9.17, 15) is 13.2 Å². The van der Waals surface area contributed by atoms with Gasteiger partial charge in [0.05, 0.1) is 18.1 Å². The standard InChI is InChI=1S/C17H15FN4O2S/c18-15-7-11(5-6-14(15)16-9-21-17(19)10-20-16)13-4-2-1-3-12(13)8-22-25(23)24/h1-7,9-10,22H,8H2,(H2,19,21)(H,23,24)/p-1. The first kappa shape index (κ1) is 17.2. The molecular formula is C17H14FN4O2S-. The number of nitrogen functional groups attached to an aromatic ring is 1. The largest absolute Gasteiger partial charge is 0.760 e. The molecule has 2 aromatic carbocycles. The molecule has 1 unspecified atom stereocenters. The molecule has 0 saturated heterocycles. The highest BCUT2D eigenvalue weighted by molar-refractivity contribution is 7.77. The number of nitrogens with two attached hydrogens (primary N) is 1. The van der Waals surface area contributed by atoms with Gasteiger partial charge in [-0.25, -0.2) is 14.1 Å². The fourth-order valence-electron chi connectivity index (χ4n) is 2.46. The molecule has 8 heteroatoms. The van der Waals surface area contributed by atoms with Gasteiger partial charge in [0.1, 0.15) is 11.6 Å². The summed E-state index contributed by atoms with van der Waals surface area (Å²) in [6.07, 6.45) is 2.78. The van der Waals surface area contributed by atoms with Crippen molar-refractivity contribution in [1.29, 1.82) is 0 Å². The molecule has 1 heterocycles. The van der Waals surface area contributed by atoms with Gasteiger partial charge in [0, 0.05) is 23.4 Å². The Labute approximate surface area is 146 Å². The highest BCUT2D eigenvalue weighted by atomic mass is 32.2. The Kier molecular flexibility index (Phi) is 5.13. The lowest BCUT2D eigenvalue weighted by Gasteiger charge is -2.13. The summed E-state index contributed by atoms with van der Waals surface area (Å²) in [5, 5.41) is 0. The number of nitrogens with one attached hydrogen (secondary N) is 1. The van der Waals surface area contributed by atoms with Crippen molar-refractivity contribution in [3.05, 3.63) is 66.2 Å². The van der Waals surface area contributed by atoms with Crippen molar-refractivity contribution in [2.45, 2.75) is 6.54 Å². The van der Waals surface area contributed by atoms with Gasteiger partial charge in [-0.15, -0.1) is 0 Å². The molecule has 1 atom stereocenters. The molecule has 0 fully saturated rings. The normalized spacial score (nSPS) is 12.1. The number of hydrogen-bond acceptors (Lipinski definition) is 5. The first-order valence-electron chi connectivity index (χ1n) is 7.33. The number of aromatic nitrogens is 2. The second-order valence-corrected chi connectivity index (χ2v) is 5.99. The molecule has 3 rings (SSSR count). The number of hydrogen-bond donors (Lipinski definition) is 2. The maximum absolute atomic E-state index is 14.6. The quantitative estimate of drug-likeness (QED) is 0.683. The number of anilines is 1. The van der Waals surface area contributed by atoms with Gasteiger partial charge in [-0.1, -0.05) is 30.3 Å². The molecule has 0 aliphatic carbocycles. The monoisotopic (exact) mass is 357 g/mol. The zero-order chi connectivity index (χ0) is 17.8. The van der Waals surface area contributed by atoms with Gasteiger partial charge in [-0.05, 0) is 28.8 Å². The van der Waals surface area contributed by atoms with Crippen LogP contribution >= 0.6 is 0 Å². The second kappa shape index (κ2) is 7.47. The zero-order valence-electron chi connectivity index (χ0n) is 13.0. The number of rotatable bonds is 5. The van der Waals surface area contributed by atoms with E-state index in [2.05, 4.69) is 14.7 Å². The van der Waals surface area contributed by atoms with Gasteiger partial charge in [0.25, 0.3) is 0 Å². The maximum Gasteiger partial charge on any atom is 0.141 e. The van der Waals surface area contributed by atoms with Gasteiger partial charge >= 0.3 is 0 Å². The van der Waals surface area contributed by atoms with Crippen LogP contribution in [0.3, 0.4) is 0 Å². The van der Waals surface area contributed by atoms with Crippen LogP contribution < -0.4 is 10.5 Å². The van der Waals surface area contributed by atoms with Crippen LogP contribution in [0, 0.1) is 5.82 Å². The molecule has 3 aromatic rings. The van der Waals surface area contributed by atoms with E-state index in [1.807, 2.05) is 12.1 Å². The van der Waals surface area contributed by atoms with Crippen molar-refractivity contribution >= 4 is 17.1 Å². The van der Waals surface area contributed by atoms with Gasteiger partial charge in [0.15, 0.2) is 0 Å². The number of halogens is 1. The van der Waals surface area contributed by atoms with Gasteiger partial charge in [-0.3, -0.25) is 9.19 Å². The summed E-state index contributed by atoms with van der Waals surface area (Å²) in [4.78, 5) is 7.99. The summed E-state index contributed by atoms with van der Waals surface area (Å²) in [6, 6.07) is 12.0. The van der Waals surface area contributed by atoms with Gasteiger partial charge in [0.2, 0.25) is 0 Å². The van der Waals surface area contributed by atoms with E-state index in [0.29, 0.717) is 16.8 Å². The molecule has 0 saturated carbocycles. The summed E-state index contributed by atoms with van der Waals surface area (Å²) in [5.74, 6) is -0.190. The molecule has 0 aliphatic rings. The minimum Gasteiger partial charge on any atom is -0.760 e. The Hall–Kier alpha value is -2.68. The fourth-order valence-corrected chi connectivity index (χ4v) is 2.73. The summed E-state index contributed by atoms with van der Waals surface area (Å²) in [7, 11) is 0. The highest BCUT2D eigenvalue weighted by Crippen LogP contribution is 2.29. The molecule has 0 bridgehead atoms. The van der Waals surface area contributed by atoms with Crippen LogP contribution in [0.25, 0.3) is 22.4 Å². The Morgan fingerprint density at radius 1 is 1.12 bits per heavy atom. The summed E-state index contributed by atoms with van der Waals surface area (Å²) in [5.41, 5.74) is 8.31. The van der Waals surface area contributed by atoms with Crippen LogP contribution in [0.5, 0.6) is 0 Å². The molecule has 6 nitrogen and oxygen atoms in total. The van der Waals surface area contributed by atoms with E-state index >= 15 is 0 Å². The predicted octanol–water partition coefficient (Wildman–Crippen LogP) is 2.42. The third kappa shape index (κ3) is 4.05. The Bertz CT molecular complexity index is 919. The summed E-state index contributed by atoms with van der Waals surface area (Å²) < 4.78 is 38.3. The number of nitrogens with zero attached hydrogens (tertiary/aromatic N) is 2. The topological polar surface area (TPSA) is 104 Å². The maximum atomic E-state index is 14.6. The van der Waals surface area contributed by atoms with E-state index < -0.39 is 17.1 Å². The van der Waals surface area contributed by atoms with Crippen molar-refractivity contribution in [3.8, 4) is 22.4 Å². The molecule has 0 amide bonds. The smallest absolute Gasteiger partial charge is 0.141 e. The summed E-state index contributed by atoms with van der Waals surface area (Å²) in [6.45, 7) is 0.124. The van der Waals surface area contributed by atoms with E-state index in [-0.39, 0.29) is 12.4 Å². The van der Waals surface area contributed by atoms with E-state index in [1.54, 1.807) is 24.3 Å². The first-order valence-corrected chi connectivity index (χ1v) is 8.40. The van der Waals surface area contributed by atoms with Gasteiger partial charge in [-0.2, -0.15) is 0 Å². The van der Waals surface area contributed by atoms with Gasteiger partial charge < -0.3 is 10.3 Å². The summed E-state index contributed by atoms with van der Waals surface area (Å²) >= 11 is -2.37. The van der Waals surface area contributed by atoms with Crippen molar-refractivity contribution < 1.29 is 13.2 Å². The fraction of sp³-hybridized carbons (Fsp3) is 0.0588.